The molecular weight excluding hydrogens is 444 g/mol. The number of aryl methyl sites for hydroxylation is 1. The largest absolute Gasteiger partial charge is 0.416 e. The molecule has 0 radical (unpaired) electrons. The lowest BCUT2D eigenvalue weighted by atomic mass is 10.1. The fourth-order valence-corrected chi connectivity index (χ4v) is 3.76. The summed E-state index contributed by atoms with van der Waals surface area (Å²) in [6.45, 7) is 0.190. The van der Waals surface area contributed by atoms with E-state index < -0.39 is 30.5 Å². The van der Waals surface area contributed by atoms with Crippen LogP contribution in [-0.2, 0) is 12.7 Å². The fourth-order valence-electron chi connectivity index (χ4n) is 2.80. The number of hydrogen-bond donors (Lipinski definition) is 0. The van der Waals surface area contributed by atoms with Crippen molar-refractivity contribution in [2.24, 2.45) is 4.99 Å². The number of carbonyl (C=O) groups excluding carboxylic acids is 1. The van der Waals surface area contributed by atoms with Crippen molar-refractivity contribution in [2.75, 3.05) is 17.3 Å². The number of halogens is 6. The van der Waals surface area contributed by atoms with E-state index in [1.165, 1.54) is 17.0 Å². The number of hydrogen-bond acceptors (Lipinski definition) is 3. The number of benzene rings is 2. The van der Waals surface area contributed by atoms with Crippen molar-refractivity contribution in [1.82, 2.24) is 4.90 Å². The average Bonchev–Trinajstić information content (AvgIpc) is 2.68. The first-order valence-electron chi connectivity index (χ1n) is 9.00. The van der Waals surface area contributed by atoms with E-state index in [1.807, 2.05) is 6.92 Å². The molecule has 0 aliphatic carbocycles. The topological polar surface area (TPSA) is 35.9 Å². The predicted molar refractivity (Wildman–Crippen MR) is 107 cm³/mol. The zero-order valence-electron chi connectivity index (χ0n) is 16.2. The summed E-state index contributed by atoms with van der Waals surface area (Å²) < 4.78 is 76.3. The Labute approximate surface area is 178 Å². The number of rotatable bonds is 4. The Balaban J connectivity index is 1.89. The second kappa shape index (κ2) is 8.81. The minimum atomic E-state index is -4.55. The molecule has 0 N–H and O–H groups in total. The standard InChI is InChI=1S/C20H17F6N3OS/c1-13-2-8-16(9-3-13)29-12-31-17(27-11-19(21,22)23)28(18(29)30)10-14-4-6-15(7-5-14)20(24,25)26/h2-9H,10-12H2,1H3. The summed E-state index contributed by atoms with van der Waals surface area (Å²) in [4.78, 5) is 19.0. The van der Waals surface area contributed by atoms with Gasteiger partial charge in [0.25, 0.3) is 0 Å². The summed E-state index contributed by atoms with van der Waals surface area (Å²) in [5.74, 6) is 0.0576. The number of thioether (sulfide) groups is 1. The van der Waals surface area contributed by atoms with Crippen LogP contribution < -0.4 is 4.90 Å². The van der Waals surface area contributed by atoms with Gasteiger partial charge in [-0.15, -0.1) is 0 Å². The van der Waals surface area contributed by atoms with E-state index in [9.17, 15) is 31.1 Å². The molecular formula is C20H17F6N3OS. The van der Waals surface area contributed by atoms with Crippen LogP contribution in [0.4, 0.5) is 36.8 Å². The van der Waals surface area contributed by atoms with E-state index in [1.54, 1.807) is 24.3 Å². The molecule has 0 spiro atoms. The molecule has 166 valence electrons. The monoisotopic (exact) mass is 461 g/mol. The first kappa shape index (κ1) is 23.0. The molecule has 0 bridgehead atoms. The molecule has 1 saturated heterocycles. The van der Waals surface area contributed by atoms with Gasteiger partial charge >= 0.3 is 18.4 Å². The summed E-state index contributed by atoms with van der Waals surface area (Å²) >= 11 is 0.951. The number of urea groups is 1. The van der Waals surface area contributed by atoms with Crippen molar-refractivity contribution in [3.8, 4) is 0 Å². The van der Waals surface area contributed by atoms with Crippen LogP contribution in [0, 0.1) is 6.92 Å². The van der Waals surface area contributed by atoms with E-state index >= 15 is 0 Å². The highest BCUT2D eigenvalue weighted by Gasteiger charge is 2.35. The van der Waals surface area contributed by atoms with Crippen LogP contribution in [0.25, 0.3) is 0 Å². The number of nitrogens with zero attached hydrogens (tertiary/aromatic N) is 3. The summed E-state index contributed by atoms with van der Waals surface area (Å²) in [5, 5.41) is -0.134. The summed E-state index contributed by atoms with van der Waals surface area (Å²) in [6, 6.07) is 10.5. The van der Waals surface area contributed by atoms with Crippen molar-refractivity contribution in [2.45, 2.75) is 25.8 Å². The van der Waals surface area contributed by atoms with Gasteiger partial charge in [-0.25, -0.2) is 4.79 Å². The van der Waals surface area contributed by atoms with Crippen LogP contribution in [0.2, 0.25) is 0 Å². The zero-order chi connectivity index (χ0) is 22.8. The lowest BCUT2D eigenvalue weighted by Crippen LogP contribution is -2.50. The molecule has 4 nitrogen and oxygen atoms in total. The van der Waals surface area contributed by atoms with Gasteiger partial charge in [-0.2, -0.15) is 26.3 Å². The maximum Gasteiger partial charge on any atom is 0.416 e. The number of alkyl halides is 6. The first-order valence-corrected chi connectivity index (χ1v) is 9.98. The Kier molecular flexibility index (Phi) is 6.54. The molecule has 1 heterocycles. The lowest BCUT2D eigenvalue weighted by molar-refractivity contribution is -0.137. The van der Waals surface area contributed by atoms with Gasteiger partial charge in [-0.05, 0) is 36.8 Å². The SMILES string of the molecule is Cc1ccc(N2CSC(=NCC(F)(F)F)N(Cc3ccc(C(F)(F)F)cc3)C2=O)cc1. The third-order valence-corrected chi connectivity index (χ3v) is 5.37. The summed E-state index contributed by atoms with van der Waals surface area (Å²) in [6.07, 6.45) is -9.07. The van der Waals surface area contributed by atoms with Crippen molar-refractivity contribution < 1.29 is 31.1 Å². The van der Waals surface area contributed by atoms with Gasteiger partial charge in [0.1, 0.15) is 6.54 Å². The molecule has 31 heavy (non-hydrogen) atoms. The maximum absolute atomic E-state index is 13.1. The first-order chi connectivity index (χ1) is 14.4. The van der Waals surface area contributed by atoms with E-state index in [0.717, 1.165) is 34.4 Å². The van der Waals surface area contributed by atoms with Crippen LogP contribution in [0.5, 0.6) is 0 Å². The van der Waals surface area contributed by atoms with Crippen LogP contribution in [0.15, 0.2) is 53.5 Å². The molecule has 0 saturated carbocycles. The van der Waals surface area contributed by atoms with Gasteiger partial charge in [0.2, 0.25) is 0 Å². The molecule has 3 rings (SSSR count). The summed E-state index contributed by atoms with van der Waals surface area (Å²) in [7, 11) is 0. The Hall–Kier alpha value is -2.69. The molecule has 2 aromatic rings. The number of aliphatic imine (C=N–C) groups is 1. The highest BCUT2D eigenvalue weighted by molar-refractivity contribution is 8.14. The average molecular weight is 461 g/mol. The second-order valence-corrected chi connectivity index (χ2v) is 7.73. The molecule has 1 fully saturated rings. The Morgan fingerprint density at radius 3 is 2.13 bits per heavy atom. The van der Waals surface area contributed by atoms with Gasteiger partial charge in [-0.3, -0.25) is 14.8 Å². The van der Waals surface area contributed by atoms with Crippen LogP contribution in [0.3, 0.4) is 0 Å². The molecule has 2 amide bonds. The Morgan fingerprint density at radius 1 is 0.968 bits per heavy atom. The maximum atomic E-state index is 13.1. The Morgan fingerprint density at radius 2 is 1.58 bits per heavy atom. The molecule has 0 unspecified atom stereocenters. The van der Waals surface area contributed by atoms with Crippen LogP contribution in [-0.4, -0.2) is 34.7 Å². The van der Waals surface area contributed by atoms with Crippen LogP contribution in [0.1, 0.15) is 16.7 Å². The molecule has 0 aromatic heterocycles. The lowest BCUT2D eigenvalue weighted by Gasteiger charge is -2.36. The third-order valence-electron chi connectivity index (χ3n) is 4.38. The quantitative estimate of drug-likeness (QED) is 0.519. The minimum absolute atomic E-state index is 0.0576. The van der Waals surface area contributed by atoms with Crippen molar-refractivity contribution in [3.63, 3.8) is 0 Å². The van der Waals surface area contributed by atoms with Gasteiger partial charge in [0.05, 0.1) is 18.0 Å². The van der Waals surface area contributed by atoms with Crippen molar-refractivity contribution >= 4 is 28.6 Å². The van der Waals surface area contributed by atoms with E-state index in [0.29, 0.717) is 11.3 Å². The van der Waals surface area contributed by atoms with Gasteiger partial charge in [0.15, 0.2) is 5.17 Å². The number of anilines is 1. The number of amidine groups is 1. The summed E-state index contributed by atoms with van der Waals surface area (Å²) in [5.41, 5.74) is 0.987. The fraction of sp³-hybridized carbons (Fsp3) is 0.300. The predicted octanol–water partition coefficient (Wildman–Crippen LogP) is 6.07. The van der Waals surface area contributed by atoms with Gasteiger partial charge in [0, 0.05) is 5.69 Å². The third kappa shape index (κ3) is 5.93. The normalized spacial score (nSPS) is 16.9. The zero-order valence-corrected chi connectivity index (χ0v) is 17.0. The van der Waals surface area contributed by atoms with E-state index in [2.05, 4.69) is 4.99 Å². The molecule has 1 aliphatic rings. The molecule has 11 heteroatoms. The highest BCUT2D eigenvalue weighted by atomic mass is 32.2. The Bertz CT molecular complexity index is 955. The van der Waals surface area contributed by atoms with Gasteiger partial charge < -0.3 is 0 Å². The smallest absolute Gasteiger partial charge is 0.284 e. The molecule has 0 atom stereocenters. The molecule has 2 aromatic carbocycles. The van der Waals surface area contributed by atoms with Crippen molar-refractivity contribution in [3.05, 3.63) is 65.2 Å². The van der Waals surface area contributed by atoms with Crippen molar-refractivity contribution in [1.29, 1.82) is 0 Å². The van der Waals surface area contributed by atoms with E-state index in [-0.39, 0.29) is 17.6 Å². The van der Waals surface area contributed by atoms with Gasteiger partial charge in [-0.1, -0.05) is 41.6 Å². The second-order valence-electron chi connectivity index (χ2n) is 6.81. The number of carbonyl (C=O) groups is 1. The minimum Gasteiger partial charge on any atom is -0.284 e. The number of amides is 2. The van der Waals surface area contributed by atoms with E-state index in [4.69, 9.17) is 0 Å². The highest BCUT2D eigenvalue weighted by Crippen LogP contribution is 2.31. The molecule has 1 aliphatic heterocycles. The van der Waals surface area contributed by atoms with Crippen LogP contribution >= 0.6 is 11.8 Å².